The van der Waals surface area contributed by atoms with Crippen LogP contribution >= 0.6 is 11.8 Å². The molecule has 2 atom stereocenters. The van der Waals surface area contributed by atoms with Gasteiger partial charge in [0.25, 0.3) is 0 Å². The van der Waals surface area contributed by atoms with Crippen LogP contribution in [0.5, 0.6) is 5.75 Å². The van der Waals surface area contributed by atoms with Gasteiger partial charge in [0, 0.05) is 10.6 Å². The second kappa shape index (κ2) is 11.4. The van der Waals surface area contributed by atoms with E-state index in [2.05, 4.69) is 97.0 Å². The molecule has 31 heavy (non-hydrogen) atoms. The highest BCUT2D eigenvalue weighted by atomic mass is 32.2. The summed E-state index contributed by atoms with van der Waals surface area (Å²) in [6.07, 6.45) is 1.92. The Balaban J connectivity index is 1.78. The van der Waals surface area contributed by atoms with Crippen molar-refractivity contribution in [1.29, 1.82) is 0 Å². The smallest absolute Gasteiger partial charge is 0.196 e. The molecule has 0 aliphatic heterocycles. The van der Waals surface area contributed by atoms with Crippen molar-refractivity contribution in [2.24, 2.45) is 10.8 Å². The maximum atomic E-state index is 5.98. The molecule has 0 fully saturated rings. The van der Waals surface area contributed by atoms with Crippen molar-refractivity contribution in [2.75, 3.05) is 12.4 Å². The van der Waals surface area contributed by atoms with Crippen LogP contribution in [0.2, 0.25) is 0 Å². The SMILES string of the molecule is Cc1ccc(SCCCOC(C)Oc2ccc(C(CC(C)(C)C)C(C)(C)C)cc2)cc1. The fourth-order valence-corrected chi connectivity index (χ4v) is 4.50. The van der Waals surface area contributed by atoms with Crippen molar-refractivity contribution in [3.63, 3.8) is 0 Å². The summed E-state index contributed by atoms with van der Waals surface area (Å²) in [5, 5.41) is 0. The fraction of sp³-hybridized carbons (Fsp3) is 0.571. The molecule has 0 bridgehead atoms. The molecule has 0 saturated heterocycles. The van der Waals surface area contributed by atoms with Gasteiger partial charge in [-0.05, 0) is 73.3 Å². The predicted octanol–water partition coefficient (Wildman–Crippen LogP) is 8.48. The van der Waals surface area contributed by atoms with E-state index in [4.69, 9.17) is 9.47 Å². The van der Waals surface area contributed by atoms with E-state index in [1.54, 1.807) is 0 Å². The molecule has 0 heterocycles. The topological polar surface area (TPSA) is 18.5 Å². The molecule has 2 aromatic rings. The Labute approximate surface area is 195 Å². The summed E-state index contributed by atoms with van der Waals surface area (Å²) in [7, 11) is 0. The molecule has 0 aliphatic carbocycles. The minimum Gasteiger partial charge on any atom is -0.465 e. The number of hydrogen-bond acceptors (Lipinski definition) is 3. The van der Waals surface area contributed by atoms with E-state index in [1.807, 2.05) is 18.7 Å². The zero-order valence-corrected chi connectivity index (χ0v) is 21.6. The molecule has 3 heteroatoms. The van der Waals surface area contributed by atoms with E-state index in [-0.39, 0.29) is 11.7 Å². The van der Waals surface area contributed by atoms with Crippen LogP contribution in [0.3, 0.4) is 0 Å². The lowest BCUT2D eigenvalue weighted by molar-refractivity contribution is -0.0660. The first kappa shape index (κ1) is 25.8. The summed E-state index contributed by atoms with van der Waals surface area (Å²) in [5.41, 5.74) is 3.21. The van der Waals surface area contributed by atoms with E-state index in [9.17, 15) is 0 Å². The molecule has 2 aromatic carbocycles. The maximum absolute atomic E-state index is 5.98. The highest BCUT2D eigenvalue weighted by Gasteiger charge is 2.30. The lowest BCUT2D eigenvalue weighted by atomic mass is 9.69. The normalized spacial score (nSPS) is 14.3. The van der Waals surface area contributed by atoms with Crippen LogP contribution in [0.15, 0.2) is 53.4 Å². The second-order valence-electron chi connectivity index (χ2n) is 10.8. The highest BCUT2D eigenvalue weighted by Crippen LogP contribution is 2.43. The summed E-state index contributed by atoms with van der Waals surface area (Å²) in [5.74, 6) is 2.43. The van der Waals surface area contributed by atoms with Gasteiger partial charge in [-0.3, -0.25) is 0 Å². The van der Waals surface area contributed by atoms with Gasteiger partial charge < -0.3 is 9.47 Å². The molecule has 0 radical (unpaired) electrons. The van der Waals surface area contributed by atoms with Crippen molar-refractivity contribution in [2.45, 2.75) is 85.3 Å². The Hall–Kier alpha value is -1.45. The van der Waals surface area contributed by atoms with Crippen LogP contribution in [-0.2, 0) is 4.74 Å². The zero-order chi connectivity index (χ0) is 23.1. The van der Waals surface area contributed by atoms with E-state index in [0.717, 1.165) is 24.3 Å². The molecule has 0 spiro atoms. The van der Waals surface area contributed by atoms with Crippen LogP contribution in [0.25, 0.3) is 0 Å². The molecule has 0 N–H and O–H groups in total. The van der Waals surface area contributed by atoms with Crippen LogP contribution < -0.4 is 4.74 Å². The molecular formula is C28H42O2S. The van der Waals surface area contributed by atoms with Crippen molar-refractivity contribution in [3.05, 3.63) is 59.7 Å². The van der Waals surface area contributed by atoms with Crippen molar-refractivity contribution < 1.29 is 9.47 Å². The number of aryl methyl sites for hydroxylation is 1. The van der Waals surface area contributed by atoms with Gasteiger partial charge in [0.15, 0.2) is 6.29 Å². The molecule has 0 saturated carbocycles. The maximum Gasteiger partial charge on any atom is 0.196 e. The van der Waals surface area contributed by atoms with Crippen molar-refractivity contribution in [3.8, 4) is 5.75 Å². The fourth-order valence-electron chi connectivity index (χ4n) is 3.67. The van der Waals surface area contributed by atoms with Gasteiger partial charge in [-0.15, -0.1) is 11.8 Å². The first-order valence-electron chi connectivity index (χ1n) is 11.5. The van der Waals surface area contributed by atoms with E-state index in [0.29, 0.717) is 17.9 Å². The second-order valence-corrected chi connectivity index (χ2v) is 12.0. The molecule has 2 nitrogen and oxygen atoms in total. The van der Waals surface area contributed by atoms with E-state index < -0.39 is 0 Å². The zero-order valence-electron chi connectivity index (χ0n) is 20.8. The number of rotatable bonds is 10. The van der Waals surface area contributed by atoms with Gasteiger partial charge in [-0.1, -0.05) is 71.4 Å². The van der Waals surface area contributed by atoms with Gasteiger partial charge >= 0.3 is 0 Å². The number of thioether (sulfide) groups is 1. The quantitative estimate of drug-likeness (QED) is 0.209. The molecule has 0 aromatic heterocycles. The Morgan fingerprint density at radius 2 is 1.48 bits per heavy atom. The van der Waals surface area contributed by atoms with Gasteiger partial charge in [0.05, 0.1) is 6.61 Å². The van der Waals surface area contributed by atoms with Gasteiger partial charge in [0.2, 0.25) is 0 Å². The van der Waals surface area contributed by atoms with E-state index in [1.165, 1.54) is 16.0 Å². The third-order valence-electron chi connectivity index (χ3n) is 5.38. The molecule has 2 unspecified atom stereocenters. The Bertz CT molecular complexity index is 767. The number of benzene rings is 2. The molecule has 2 rings (SSSR count). The van der Waals surface area contributed by atoms with Gasteiger partial charge in [-0.2, -0.15) is 0 Å². The summed E-state index contributed by atoms with van der Waals surface area (Å²) in [4.78, 5) is 1.31. The first-order chi connectivity index (χ1) is 14.4. The number of hydrogen-bond donors (Lipinski definition) is 0. The summed E-state index contributed by atoms with van der Waals surface area (Å²) < 4.78 is 11.8. The summed E-state index contributed by atoms with van der Waals surface area (Å²) in [6, 6.07) is 17.3. The lowest BCUT2D eigenvalue weighted by Gasteiger charge is -2.36. The number of ether oxygens (including phenoxy) is 2. The van der Waals surface area contributed by atoms with Crippen LogP contribution in [0, 0.1) is 17.8 Å². The first-order valence-corrected chi connectivity index (χ1v) is 12.5. The lowest BCUT2D eigenvalue weighted by Crippen LogP contribution is -2.23. The monoisotopic (exact) mass is 442 g/mol. The van der Waals surface area contributed by atoms with Crippen molar-refractivity contribution in [1.82, 2.24) is 0 Å². The van der Waals surface area contributed by atoms with Gasteiger partial charge in [0.1, 0.15) is 5.75 Å². The largest absolute Gasteiger partial charge is 0.465 e. The summed E-state index contributed by atoms with van der Waals surface area (Å²) >= 11 is 1.87. The van der Waals surface area contributed by atoms with Crippen LogP contribution in [-0.4, -0.2) is 18.6 Å². The Morgan fingerprint density at radius 3 is 2.03 bits per heavy atom. The Morgan fingerprint density at radius 1 is 0.871 bits per heavy atom. The van der Waals surface area contributed by atoms with E-state index >= 15 is 0 Å². The average Bonchev–Trinajstić information content (AvgIpc) is 2.66. The third kappa shape index (κ3) is 9.70. The summed E-state index contributed by atoms with van der Waals surface area (Å²) in [6.45, 7) is 18.8. The van der Waals surface area contributed by atoms with Crippen LogP contribution in [0.1, 0.15) is 78.4 Å². The molecular weight excluding hydrogens is 400 g/mol. The third-order valence-corrected chi connectivity index (χ3v) is 6.48. The predicted molar refractivity (Wildman–Crippen MR) is 135 cm³/mol. The minimum absolute atomic E-state index is 0.225. The molecule has 0 amide bonds. The minimum atomic E-state index is -0.247. The molecule has 0 aliphatic rings. The van der Waals surface area contributed by atoms with Crippen molar-refractivity contribution >= 4 is 11.8 Å². The highest BCUT2D eigenvalue weighted by molar-refractivity contribution is 7.99. The molecule has 172 valence electrons. The average molecular weight is 443 g/mol. The van der Waals surface area contributed by atoms with Crippen LogP contribution in [0.4, 0.5) is 0 Å². The van der Waals surface area contributed by atoms with Gasteiger partial charge in [-0.25, -0.2) is 0 Å². The Kier molecular flexibility index (Phi) is 9.51. The standard InChI is InChI=1S/C28H42O2S/c1-21-10-16-25(17-11-21)31-19-9-18-29-22(2)30-24-14-12-23(13-15-24)26(28(6,7)8)20-27(3,4)5/h10-17,22,26H,9,18-20H2,1-8H3.